The van der Waals surface area contributed by atoms with Crippen molar-refractivity contribution in [3.63, 3.8) is 0 Å². The van der Waals surface area contributed by atoms with Crippen molar-refractivity contribution in [2.45, 2.75) is 36.4 Å². The molecule has 72 valence electrons. The molecule has 2 unspecified atom stereocenters. The van der Waals surface area contributed by atoms with Crippen molar-refractivity contribution in [2.24, 2.45) is 0 Å². The largest absolute Gasteiger partial charge is 0.147 e. The van der Waals surface area contributed by atoms with E-state index in [1.165, 1.54) is 30.2 Å². The van der Waals surface area contributed by atoms with Crippen LogP contribution >= 0.6 is 43.2 Å². The first-order valence-electron chi connectivity index (χ1n) is 4.64. The molecule has 0 radical (unpaired) electrons. The zero-order valence-corrected chi connectivity index (χ0v) is 11.3. The summed E-state index contributed by atoms with van der Waals surface area (Å²) < 4.78 is 1.31. The van der Waals surface area contributed by atoms with E-state index in [1.807, 2.05) is 11.3 Å². The van der Waals surface area contributed by atoms with E-state index in [1.54, 1.807) is 4.88 Å². The van der Waals surface area contributed by atoms with E-state index < -0.39 is 0 Å². The predicted molar refractivity (Wildman–Crippen MR) is 65.9 cm³/mol. The van der Waals surface area contributed by atoms with Gasteiger partial charge in [0.05, 0.1) is 0 Å². The van der Waals surface area contributed by atoms with Gasteiger partial charge in [-0.1, -0.05) is 22.4 Å². The maximum absolute atomic E-state index is 3.73. The lowest BCUT2D eigenvalue weighted by Gasteiger charge is -2.25. The predicted octanol–water partition coefficient (Wildman–Crippen LogP) is 4.93. The van der Waals surface area contributed by atoms with Crippen molar-refractivity contribution in [3.8, 4) is 0 Å². The summed E-state index contributed by atoms with van der Waals surface area (Å²) in [6, 6.07) is 2.16. The number of hydrogen-bond acceptors (Lipinski definition) is 1. The van der Waals surface area contributed by atoms with Crippen LogP contribution in [0.15, 0.2) is 15.9 Å². The Labute approximate surface area is 100.0 Å². The second kappa shape index (κ2) is 4.45. The third kappa shape index (κ3) is 2.37. The molecule has 1 aromatic rings. The van der Waals surface area contributed by atoms with Crippen LogP contribution in [-0.2, 0) is 0 Å². The Morgan fingerprint density at radius 1 is 1.38 bits per heavy atom. The molecule has 0 amide bonds. The van der Waals surface area contributed by atoms with Crippen LogP contribution in [0.4, 0.5) is 0 Å². The molecule has 0 nitrogen and oxygen atoms in total. The second-order valence-corrected chi connectivity index (χ2v) is 6.69. The van der Waals surface area contributed by atoms with Crippen LogP contribution in [0, 0.1) is 0 Å². The first-order valence-corrected chi connectivity index (χ1v) is 7.23. The number of halogens is 2. The third-order valence-corrected chi connectivity index (χ3v) is 5.49. The SMILES string of the molecule is Brc1ccsc1C1CCCC(Br)C1. The zero-order valence-electron chi connectivity index (χ0n) is 7.30. The zero-order chi connectivity index (χ0) is 9.26. The molecule has 0 aromatic carbocycles. The maximum atomic E-state index is 3.73. The van der Waals surface area contributed by atoms with Crippen molar-refractivity contribution in [3.05, 3.63) is 20.8 Å². The van der Waals surface area contributed by atoms with Crippen LogP contribution in [0.2, 0.25) is 0 Å². The monoisotopic (exact) mass is 322 g/mol. The van der Waals surface area contributed by atoms with E-state index in [2.05, 4.69) is 43.3 Å². The molecule has 0 N–H and O–H groups in total. The molecule has 1 saturated carbocycles. The smallest absolute Gasteiger partial charge is 0.0317 e. The van der Waals surface area contributed by atoms with Gasteiger partial charge in [-0.3, -0.25) is 0 Å². The summed E-state index contributed by atoms with van der Waals surface area (Å²) in [6.07, 6.45) is 5.38. The minimum absolute atomic E-state index is 0.736. The minimum Gasteiger partial charge on any atom is -0.147 e. The number of rotatable bonds is 1. The van der Waals surface area contributed by atoms with E-state index in [0.717, 1.165) is 10.7 Å². The molecule has 3 heteroatoms. The Morgan fingerprint density at radius 2 is 2.23 bits per heavy atom. The lowest BCUT2D eigenvalue weighted by Crippen LogP contribution is -2.12. The fourth-order valence-corrected chi connectivity index (χ4v) is 4.59. The molecular weight excluding hydrogens is 312 g/mol. The fourth-order valence-electron chi connectivity index (χ4n) is 1.97. The van der Waals surface area contributed by atoms with Gasteiger partial charge in [-0.2, -0.15) is 0 Å². The highest BCUT2D eigenvalue weighted by atomic mass is 79.9. The molecule has 0 bridgehead atoms. The van der Waals surface area contributed by atoms with Gasteiger partial charge in [0.1, 0.15) is 0 Å². The second-order valence-electron chi connectivity index (χ2n) is 3.59. The topological polar surface area (TPSA) is 0 Å². The quantitative estimate of drug-likeness (QED) is 0.643. The first-order chi connectivity index (χ1) is 6.27. The standard InChI is InChI=1S/C10H12Br2S/c11-8-3-1-2-7(6-8)10-9(12)4-5-13-10/h4-5,7-8H,1-3,6H2. The average molecular weight is 324 g/mol. The van der Waals surface area contributed by atoms with Crippen LogP contribution in [0.5, 0.6) is 0 Å². The summed E-state index contributed by atoms with van der Waals surface area (Å²) in [5.74, 6) is 0.785. The van der Waals surface area contributed by atoms with Crippen molar-refractivity contribution < 1.29 is 0 Å². The summed E-state index contributed by atoms with van der Waals surface area (Å²) in [6.45, 7) is 0. The van der Waals surface area contributed by atoms with Crippen LogP contribution in [-0.4, -0.2) is 4.83 Å². The summed E-state index contributed by atoms with van der Waals surface area (Å²) >= 11 is 9.24. The van der Waals surface area contributed by atoms with Crippen molar-refractivity contribution >= 4 is 43.2 Å². The average Bonchev–Trinajstić information content (AvgIpc) is 2.51. The van der Waals surface area contributed by atoms with Crippen LogP contribution < -0.4 is 0 Å². The molecule has 2 rings (SSSR count). The van der Waals surface area contributed by atoms with Gasteiger partial charge in [0.15, 0.2) is 0 Å². The van der Waals surface area contributed by atoms with Crippen molar-refractivity contribution in [2.75, 3.05) is 0 Å². The molecule has 13 heavy (non-hydrogen) atoms. The van der Waals surface area contributed by atoms with Crippen molar-refractivity contribution in [1.82, 2.24) is 0 Å². The van der Waals surface area contributed by atoms with Gasteiger partial charge < -0.3 is 0 Å². The Bertz CT molecular complexity index is 282. The molecule has 1 aliphatic rings. The molecule has 1 fully saturated rings. The molecule has 0 saturated heterocycles. The minimum atomic E-state index is 0.736. The van der Waals surface area contributed by atoms with E-state index in [4.69, 9.17) is 0 Å². The Morgan fingerprint density at radius 3 is 2.85 bits per heavy atom. The number of alkyl halides is 1. The van der Waals surface area contributed by atoms with E-state index >= 15 is 0 Å². The number of hydrogen-bond donors (Lipinski definition) is 0. The Kier molecular flexibility index (Phi) is 3.49. The van der Waals surface area contributed by atoms with Crippen LogP contribution in [0.1, 0.15) is 36.5 Å². The summed E-state index contributed by atoms with van der Waals surface area (Å²) in [5.41, 5.74) is 0. The van der Waals surface area contributed by atoms with E-state index in [0.29, 0.717) is 0 Å². The molecule has 0 aliphatic heterocycles. The van der Waals surface area contributed by atoms with Gasteiger partial charge in [-0.05, 0) is 52.6 Å². The maximum Gasteiger partial charge on any atom is 0.0317 e. The lowest BCUT2D eigenvalue weighted by molar-refractivity contribution is 0.462. The van der Waals surface area contributed by atoms with E-state index in [9.17, 15) is 0 Å². The fraction of sp³-hybridized carbons (Fsp3) is 0.600. The summed E-state index contributed by atoms with van der Waals surface area (Å²) in [4.78, 5) is 2.28. The molecule has 2 atom stereocenters. The Balaban J connectivity index is 2.12. The van der Waals surface area contributed by atoms with Crippen LogP contribution in [0.25, 0.3) is 0 Å². The molecule has 1 aliphatic carbocycles. The molecule has 0 spiro atoms. The summed E-state index contributed by atoms with van der Waals surface area (Å²) in [7, 11) is 0. The normalized spacial score (nSPS) is 29.1. The number of thiophene rings is 1. The van der Waals surface area contributed by atoms with Gasteiger partial charge in [0, 0.05) is 14.2 Å². The molecular formula is C10H12Br2S. The van der Waals surface area contributed by atoms with Gasteiger partial charge >= 0.3 is 0 Å². The highest BCUT2D eigenvalue weighted by Crippen LogP contribution is 2.41. The van der Waals surface area contributed by atoms with Gasteiger partial charge in [0.2, 0.25) is 0 Å². The van der Waals surface area contributed by atoms with Gasteiger partial charge in [0.25, 0.3) is 0 Å². The first kappa shape index (κ1) is 10.2. The van der Waals surface area contributed by atoms with Gasteiger partial charge in [-0.15, -0.1) is 11.3 Å². The van der Waals surface area contributed by atoms with Crippen LogP contribution in [0.3, 0.4) is 0 Å². The van der Waals surface area contributed by atoms with Crippen molar-refractivity contribution in [1.29, 1.82) is 0 Å². The summed E-state index contributed by atoms with van der Waals surface area (Å²) in [5, 5.41) is 2.18. The highest BCUT2D eigenvalue weighted by Gasteiger charge is 2.23. The molecule has 1 aromatic heterocycles. The Hall–Kier alpha value is 0.660. The van der Waals surface area contributed by atoms with E-state index in [-0.39, 0.29) is 0 Å². The van der Waals surface area contributed by atoms with Gasteiger partial charge in [-0.25, -0.2) is 0 Å². The lowest BCUT2D eigenvalue weighted by atomic mass is 9.88. The third-order valence-electron chi connectivity index (χ3n) is 2.63. The molecule has 1 heterocycles. The highest BCUT2D eigenvalue weighted by molar-refractivity contribution is 9.10.